The molecule has 0 bridgehead atoms. The van der Waals surface area contributed by atoms with Gasteiger partial charge in [-0.05, 0) is 25.7 Å². The van der Waals surface area contributed by atoms with Crippen molar-refractivity contribution in [2.24, 2.45) is 5.73 Å². The van der Waals surface area contributed by atoms with E-state index in [9.17, 15) is 4.79 Å². The van der Waals surface area contributed by atoms with Crippen LogP contribution < -0.4 is 11.1 Å². The van der Waals surface area contributed by atoms with Crippen LogP contribution >= 0.6 is 0 Å². The number of hydrogen-bond acceptors (Lipinski definition) is 3. The summed E-state index contributed by atoms with van der Waals surface area (Å²) in [6.45, 7) is 2.79. The molecule has 0 heterocycles. The maximum Gasteiger partial charge on any atom is 0.407 e. The van der Waals surface area contributed by atoms with Crippen molar-refractivity contribution < 1.29 is 9.53 Å². The second-order valence-corrected chi connectivity index (χ2v) is 3.88. The number of nitrogens with one attached hydrogen (secondary N) is 1. The van der Waals surface area contributed by atoms with Gasteiger partial charge in [-0.25, -0.2) is 4.79 Å². The van der Waals surface area contributed by atoms with E-state index in [0.717, 1.165) is 32.1 Å². The van der Waals surface area contributed by atoms with Crippen LogP contribution in [0.25, 0.3) is 0 Å². The summed E-state index contributed by atoms with van der Waals surface area (Å²) < 4.78 is 5.20. The molecule has 2 atom stereocenters. The Morgan fingerprint density at radius 3 is 2.93 bits per heavy atom. The van der Waals surface area contributed by atoms with Gasteiger partial charge in [-0.1, -0.05) is 13.3 Å². The second-order valence-electron chi connectivity index (χ2n) is 3.88. The number of nitrogens with two attached hydrogens (primary N) is 1. The monoisotopic (exact) mass is 200 g/mol. The average molecular weight is 200 g/mol. The third-order valence-corrected chi connectivity index (χ3v) is 2.50. The van der Waals surface area contributed by atoms with Gasteiger partial charge in [0.05, 0.1) is 0 Å². The zero-order valence-corrected chi connectivity index (χ0v) is 8.79. The van der Waals surface area contributed by atoms with Crippen LogP contribution in [0.15, 0.2) is 0 Å². The van der Waals surface area contributed by atoms with Gasteiger partial charge in [-0.2, -0.15) is 0 Å². The summed E-state index contributed by atoms with van der Waals surface area (Å²) in [5, 5.41) is 2.72. The molecule has 3 N–H and O–H groups in total. The molecule has 0 spiro atoms. The fraction of sp³-hybridized carbons (Fsp3) is 0.900. The van der Waals surface area contributed by atoms with Gasteiger partial charge in [0.25, 0.3) is 0 Å². The van der Waals surface area contributed by atoms with Crippen LogP contribution in [-0.4, -0.2) is 24.8 Å². The van der Waals surface area contributed by atoms with E-state index >= 15 is 0 Å². The molecule has 1 aliphatic carbocycles. The summed E-state index contributed by atoms with van der Waals surface area (Å²) in [7, 11) is 0. The lowest BCUT2D eigenvalue weighted by atomic mass is 10.3. The van der Waals surface area contributed by atoms with E-state index < -0.39 is 0 Å². The number of alkyl carbamates (subject to hydrolysis) is 1. The van der Waals surface area contributed by atoms with Crippen molar-refractivity contribution in [2.75, 3.05) is 6.54 Å². The molecule has 2 unspecified atom stereocenters. The van der Waals surface area contributed by atoms with E-state index in [4.69, 9.17) is 10.5 Å². The molecule has 4 nitrogen and oxygen atoms in total. The van der Waals surface area contributed by atoms with Crippen LogP contribution in [0.1, 0.15) is 39.0 Å². The van der Waals surface area contributed by atoms with Crippen molar-refractivity contribution in [3.63, 3.8) is 0 Å². The van der Waals surface area contributed by atoms with Crippen molar-refractivity contribution in [2.45, 2.75) is 51.2 Å². The first kappa shape index (κ1) is 11.3. The summed E-state index contributed by atoms with van der Waals surface area (Å²) in [6.07, 6.45) is 4.49. The summed E-state index contributed by atoms with van der Waals surface area (Å²) in [4.78, 5) is 11.2. The quantitative estimate of drug-likeness (QED) is 0.674. The molecular weight excluding hydrogens is 180 g/mol. The predicted molar refractivity (Wildman–Crippen MR) is 55.0 cm³/mol. The van der Waals surface area contributed by atoms with E-state index in [-0.39, 0.29) is 18.2 Å². The lowest BCUT2D eigenvalue weighted by Crippen LogP contribution is -2.29. The summed E-state index contributed by atoms with van der Waals surface area (Å²) in [5.74, 6) is 0. The van der Waals surface area contributed by atoms with Gasteiger partial charge in [0.15, 0.2) is 0 Å². The van der Waals surface area contributed by atoms with Crippen LogP contribution in [0.3, 0.4) is 0 Å². The molecule has 0 aromatic carbocycles. The second kappa shape index (κ2) is 5.86. The average Bonchev–Trinajstić information content (AvgIpc) is 2.52. The van der Waals surface area contributed by atoms with Gasteiger partial charge in [-0.3, -0.25) is 0 Å². The molecule has 1 fully saturated rings. The lowest BCUT2D eigenvalue weighted by molar-refractivity contribution is 0.100. The van der Waals surface area contributed by atoms with Crippen molar-refractivity contribution in [1.29, 1.82) is 0 Å². The minimum atomic E-state index is -0.294. The number of hydrogen-bond donors (Lipinski definition) is 2. The molecular formula is C10H20N2O2. The molecule has 1 saturated carbocycles. The fourth-order valence-corrected chi connectivity index (χ4v) is 1.64. The Hall–Kier alpha value is -0.770. The summed E-state index contributed by atoms with van der Waals surface area (Å²) >= 11 is 0. The molecule has 0 aromatic heterocycles. The number of ether oxygens (including phenoxy) is 1. The SMILES string of the molecule is CCCCNC(=O)OC1CCC(N)C1. The Kier molecular flexibility index (Phi) is 4.73. The Labute approximate surface area is 85.2 Å². The Morgan fingerprint density at radius 1 is 1.57 bits per heavy atom. The minimum Gasteiger partial charge on any atom is -0.446 e. The van der Waals surface area contributed by atoms with Gasteiger partial charge >= 0.3 is 6.09 Å². The molecule has 0 radical (unpaired) electrons. The van der Waals surface area contributed by atoms with Crippen LogP contribution in [-0.2, 0) is 4.74 Å². The molecule has 0 saturated heterocycles. The Morgan fingerprint density at radius 2 is 2.36 bits per heavy atom. The molecule has 1 rings (SSSR count). The Bertz CT molecular complexity index is 185. The first-order chi connectivity index (χ1) is 6.72. The zero-order chi connectivity index (χ0) is 10.4. The standard InChI is InChI=1S/C10H20N2O2/c1-2-3-6-12-10(13)14-9-5-4-8(11)7-9/h8-9H,2-7,11H2,1H3,(H,12,13). The highest BCUT2D eigenvalue weighted by Gasteiger charge is 2.24. The molecule has 4 heteroatoms. The number of rotatable bonds is 4. The van der Waals surface area contributed by atoms with Gasteiger partial charge < -0.3 is 15.8 Å². The maximum absolute atomic E-state index is 11.2. The van der Waals surface area contributed by atoms with E-state index in [1.54, 1.807) is 0 Å². The highest BCUT2D eigenvalue weighted by Crippen LogP contribution is 2.20. The fourth-order valence-electron chi connectivity index (χ4n) is 1.64. The Balaban J connectivity index is 2.08. The number of unbranched alkanes of at least 4 members (excludes halogenated alkanes) is 1. The number of carbonyl (C=O) groups excluding carboxylic acids is 1. The number of carbonyl (C=O) groups is 1. The molecule has 82 valence electrons. The molecule has 0 aliphatic heterocycles. The van der Waals surface area contributed by atoms with Crippen LogP contribution in [0.2, 0.25) is 0 Å². The topological polar surface area (TPSA) is 64.3 Å². The normalized spacial score (nSPS) is 26.1. The summed E-state index contributed by atoms with van der Waals surface area (Å²) in [5.41, 5.74) is 5.71. The maximum atomic E-state index is 11.2. The third-order valence-electron chi connectivity index (χ3n) is 2.50. The molecule has 1 amide bonds. The van der Waals surface area contributed by atoms with Gasteiger partial charge in [0.2, 0.25) is 0 Å². The van der Waals surface area contributed by atoms with E-state index in [2.05, 4.69) is 12.2 Å². The van der Waals surface area contributed by atoms with Crippen LogP contribution in [0, 0.1) is 0 Å². The van der Waals surface area contributed by atoms with Crippen LogP contribution in [0.5, 0.6) is 0 Å². The molecule has 0 aromatic rings. The van der Waals surface area contributed by atoms with Crippen molar-refractivity contribution in [3.05, 3.63) is 0 Å². The van der Waals surface area contributed by atoms with Gasteiger partial charge in [0.1, 0.15) is 6.10 Å². The third kappa shape index (κ3) is 3.96. The first-order valence-electron chi connectivity index (χ1n) is 5.42. The van der Waals surface area contributed by atoms with Crippen molar-refractivity contribution >= 4 is 6.09 Å². The number of amides is 1. The van der Waals surface area contributed by atoms with E-state index in [0.29, 0.717) is 6.54 Å². The largest absolute Gasteiger partial charge is 0.446 e. The van der Waals surface area contributed by atoms with Gasteiger partial charge in [-0.15, -0.1) is 0 Å². The zero-order valence-electron chi connectivity index (χ0n) is 8.79. The van der Waals surface area contributed by atoms with Crippen LogP contribution in [0.4, 0.5) is 4.79 Å². The van der Waals surface area contributed by atoms with E-state index in [1.807, 2.05) is 0 Å². The van der Waals surface area contributed by atoms with Crippen molar-refractivity contribution in [3.8, 4) is 0 Å². The highest BCUT2D eigenvalue weighted by molar-refractivity contribution is 5.67. The minimum absolute atomic E-state index is 0.0339. The van der Waals surface area contributed by atoms with E-state index in [1.165, 1.54) is 0 Å². The highest BCUT2D eigenvalue weighted by atomic mass is 16.6. The lowest BCUT2D eigenvalue weighted by Gasteiger charge is -2.12. The predicted octanol–water partition coefficient (Wildman–Crippen LogP) is 1.39. The molecule has 14 heavy (non-hydrogen) atoms. The first-order valence-corrected chi connectivity index (χ1v) is 5.42. The smallest absolute Gasteiger partial charge is 0.407 e. The van der Waals surface area contributed by atoms with Crippen molar-refractivity contribution in [1.82, 2.24) is 5.32 Å². The summed E-state index contributed by atoms with van der Waals surface area (Å²) in [6, 6.07) is 0.212. The van der Waals surface area contributed by atoms with Gasteiger partial charge in [0, 0.05) is 12.6 Å². The molecule has 1 aliphatic rings.